The average Bonchev–Trinajstić information content (AvgIpc) is 2.40. The van der Waals surface area contributed by atoms with Crippen LogP contribution in [0.2, 0.25) is 0 Å². The molecule has 1 aliphatic rings. The van der Waals surface area contributed by atoms with Crippen molar-refractivity contribution in [2.24, 2.45) is 0 Å². The summed E-state index contributed by atoms with van der Waals surface area (Å²) >= 11 is 0. The summed E-state index contributed by atoms with van der Waals surface area (Å²) in [5.41, 5.74) is 0. The van der Waals surface area contributed by atoms with Crippen LogP contribution in [0.5, 0.6) is 0 Å². The fraction of sp³-hybridized carbons (Fsp3) is 1.00. The van der Waals surface area contributed by atoms with E-state index in [9.17, 15) is 17.3 Å². The lowest BCUT2D eigenvalue weighted by molar-refractivity contribution is 0.429. The molecule has 1 nitrogen and oxygen atoms in total. The fourth-order valence-corrected chi connectivity index (χ4v) is 0.660. The summed E-state index contributed by atoms with van der Waals surface area (Å²) < 4.78 is 46.3. The predicted octanol–water partition coefficient (Wildman–Crippen LogP) is 1.07. The van der Waals surface area contributed by atoms with Gasteiger partial charge in [0.05, 0.1) is 0 Å². The van der Waals surface area contributed by atoms with E-state index < -0.39 is 25.6 Å². The zero-order valence-corrected chi connectivity index (χ0v) is 5.16. The van der Waals surface area contributed by atoms with Crippen LogP contribution < -0.4 is 5.32 Å². The number of halogens is 4. The number of hydrogen-bond donors (Lipinski definition) is 1. The highest BCUT2D eigenvalue weighted by molar-refractivity contribution is 6.58. The Morgan fingerprint density at radius 1 is 1.40 bits per heavy atom. The zero-order chi connectivity index (χ0) is 7.78. The molecule has 0 amide bonds. The Kier molecular flexibility index (Phi) is 1.89. The molecule has 2 unspecified atom stereocenters. The van der Waals surface area contributed by atoms with Gasteiger partial charge in [0.1, 0.15) is 6.17 Å². The average molecular weight is 156 g/mol. The van der Waals surface area contributed by atoms with Gasteiger partial charge in [-0.25, -0.2) is 4.39 Å². The van der Waals surface area contributed by atoms with Crippen molar-refractivity contribution in [3.05, 3.63) is 0 Å². The second-order valence-corrected chi connectivity index (χ2v) is 2.48. The third-order valence-electron chi connectivity index (χ3n) is 1.32. The highest BCUT2D eigenvalue weighted by Gasteiger charge is 2.38. The summed E-state index contributed by atoms with van der Waals surface area (Å²) in [5.74, 6) is 0. The van der Waals surface area contributed by atoms with Gasteiger partial charge >= 0.3 is 6.98 Å². The van der Waals surface area contributed by atoms with Crippen molar-refractivity contribution in [3.8, 4) is 0 Å². The first-order valence-electron chi connectivity index (χ1n) is 3.07. The number of rotatable bonds is 3. The molecule has 0 aromatic heterocycles. The number of nitrogens with one attached hydrogen (secondary N) is 1. The van der Waals surface area contributed by atoms with Gasteiger partial charge in [0, 0.05) is 6.04 Å². The maximum atomic E-state index is 11.9. The predicted molar refractivity (Wildman–Crippen MR) is 30.4 cm³/mol. The Bertz CT molecular complexity index is 125. The maximum absolute atomic E-state index is 11.9. The van der Waals surface area contributed by atoms with E-state index in [2.05, 4.69) is 5.32 Å². The van der Waals surface area contributed by atoms with Crippen molar-refractivity contribution < 1.29 is 17.3 Å². The summed E-state index contributed by atoms with van der Waals surface area (Å²) in [7, 11) is 0. The molecule has 0 radical (unpaired) electrons. The molecule has 10 heavy (non-hydrogen) atoms. The topological polar surface area (TPSA) is 12.0 Å². The van der Waals surface area contributed by atoms with Crippen LogP contribution in [0, 0.1) is 0 Å². The second kappa shape index (κ2) is 2.41. The molecule has 1 rings (SSSR count). The molecule has 0 aliphatic heterocycles. The van der Waals surface area contributed by atoms with Crippen molar-refractivity contribution in [2.45, 2.75) is 18.6 Å². The van der Waals surface area contributed by atoms with E-state index in [1.165, 1.54) is 0 Å². The minimum Gasteiger partial charge on any atom is -0.448 e. The van der Waals surface area contributed by atoms with Gasteiger partial charge in [0.15, 0.2) is 0 Å². The highest BCUT2D eigenvalue weighted by atomic mass is 19.4. The molecule has 0 bridgehead atoms. The Balaban J connectivity index is 2.06. The molecule has 0 saturated heterocycles. The largest absolute Gasteiger partial charge is 0.491 e. The molecule has 0 spiro atoms. The highest BCUT2D eigenvalue weighted by Crippen LogP contribution is 2.25. The number of alkyl halides is 1. The van der Waals surface area contributed by atoms with Gasteiger partial charge in [0.25, 0.3) is 0 Å². The van der Waals surface area contributed by atoms with Crippen LogP contribution in [0.25, 0.3) is 0 Å². The lowest BCUT2D eigenvalue weighted by atomic mass is 9.92. The van der Waals surface area contributed by atoms with Crippen LogP contribution >= 0.6 is 0 Å². The van der Waals surface area contributed by atoms with Gasteiger partial charge in [-0.3, -0.25) is 0 Å². The third kappa shape index (κ3) is 2.55. The van der Waals surface area contributed by atoms with Gasteiger partial charge < -0.3 is 18.3 Å². The van der Waals surface area contributed by atoms with Crippen molar-refractivity contribution in [1.82, 2.24) is 5.32 Å². The smallest absolute Gasteiger partial charge is 0.448 e. The second-order valence-electron chi connectivity index (χ2n) is 2.48. The van der Waals surface area contributed by atoms with Gasteiger partial charge in [-0.1, -0.05) is 0 Å². The molecule has 2 atom stereocenters. The Morgan fingerprint density at radius 3 is 2.20 bits per heavy atom. The molecule has 1 aliphatic carbocycles. The summed E-state index contributed by atoms with van der Waals surface area (Å²) in [4.78, 5) is 0. The van der Waals surface area contributed by atoms with Gasteiger partial charge in [-0.05, 0) is 12.9 Å². The lowest BCUT2D eigenvalue weighted by Crippen LogP contribution is -2.35. The van der Waals surface area contributed by atoms with Gasteiger partial charge in [0.2, 0.25) is 0 Å². The number of hydrogen-bond acceptors (Lipinski definition) is 1. The minimum atomic E-state index is -4.79. The van der Waals surface area contributed by atoms with E-state index in [4.69, 9.17) is 0 Å². The summed E-state index contributed by atoms with van der Waals surface area (Å²) in [6.07, 6.45) is -1.85. The van der Waals surface area contributed by atoms with Crippen molar-refractivity contribution in [3.63, 3.8) is 0 Å². The molecule has 6 heteroatoms. The summed E-state index contributed by atoms with van der Waals surface area (Å²) in [6, 6.07) is -0.538. The minimum absolute atomic E-state index is 0.228. The van der Waals surface area contributed by atoms with E-state index in [1.807, 2.05) is 0 Å². The monoisotopic (exact) mass is 156 g/mol. The normalized spacial score (nSPS) is 32.4. The quantitative estimate of drug-likeness (QED) is 0.476. The van der Waals surface area contributed by atoms with E-state index in [0.29, 0.717) is 0 Å². The van der Waals surface area contributed by atoms with Crippen LogP contribution in [0.15, 0.2) is 0 Å². The van der Waals surface area contributed by atoms with Gasteiger partial charge in [-0.2, -0.15) is 0 Å². The van der Waals surface area contributed by atoms with Crippen molar-refractivity contribution in [1.29, 1.82) is 0 Å². The lowest BCUT2D eigenvalue weighted by Gasteiger charge is -2.13. The first-order valence-corrected chi connectivity index (χ1v) is 3.07. The summed E-state index contributed by atoms with van der Waals surface area (Å²) in [6.45, 7) is -4.79. The Labute approximate surface area is 55.8 Å². The molecule has 1 saturated carbocycles. The first kappa shape index (κ1) is 7.85. The molecule has 1 fully saturated rings. The van der Waals surface area contributed by atoms with E-state index in [-0.39, 0.29) is 6.42 Å². The molecule has 0 heterocycles. The molecule has 60 valence electrons. The molecular formula is C4H7BF4N-. The SMILES string of the molecule is FC1CC1NC[B-](F)(F)F. The van der Waals surface area contributed by atoms with E-state index >= 15 is 0 Å². The van der Waals surface area contributed by atoms with E-state index in [0.717, 1.165) is 0 Å². The van der Waals surface area contributed by atoms with Crippen LogP contribution in [0.4, 0.5) is 17.3 Å². The van der Waals surface area contributed by atoms with Gasteiger partial charge in [-0.15, -0.1) is 0 Å². The van der Waals surface area contributed by atoms with Crippen molar-refractivity contribution >= 4 is 6.98 Å². The zero-order valence-electron chi connectivity index (χ0n) is 5.16. The third-order valence-corrected chi connectivity index (χ3v) is 1.32. The summed E-state index contributed by atoms with van der Waals surface area (Å²) in [5, 5.41) is 2.07. The van der Waals surface area contributed by atoms with Crippen LogP contribution in [-0.2, 0) is 0 Å². The molecular weight excluding hydrogens is 149 g/mol. The van der Waals surface area contributed by atoms with Crippen LogP contribution in [-0.4, -0.2) is 25.6 Å². The van der Waals surface area contributed by atoms with E-state index in [1.54, 1.807) is 0 Å². The van der Waals surface area contributed by atoms with Crippen LogP contribution in [0.3, 0.4) is 0 Å². The molecule has 0 aromatic rings. The Morgan fingerprint density at radius 2 is 1.90 bits per heavy atom. The molecule has 0 aromatic carbocycles. The van der Waals surface area contributed by atoms with Crippen molar-refractivity contribution in [2.75, 3.05) is 6.44 Å². The molecule has 1 N–H and O–H groups in total. The Hall–Kier alpha value is -0.255. The first-order chi connectivity index (χ1) is 4.49. The van der Waals surface area contributed by atoms with Crippen LogP contribution in [0.1, 0.15) is 6.42 Å². The fourth-order valence-electron chi connectivity index (χ4n) is 0.660. The standard InChI is InChI=1S/C4H7BF4N/c6-3-1-4(3)10-2-5(7,8)9/h3-4,10H,1-2H2/q-1. The maximum Gasteiger partial charge on any atom is 0.491 e.